The number of aromatic carboxylic acids is 1. The number of para-hydroxylation sites is 1. The van der Waals surface area contributed by atoms with E-state index in [9.17, 15) is 9.90 Å². The summed E-state index contributed by atoms with van der Waals surface area (Å²) in [5.74, 6) is -0.790. The van der Waals surface area contributed by atoms with E-state index in [0.29, 0.717) is 24.6 Å². The molecule has 0 spiro atoms. The van der Waals surface area contributed by atoms with Gasteiger partial charge in [0.2, 0.25) is 0 Å². The van der Waals surface area contributed by atoms with Gasteiger partial charge in [0.25, 0.3) is 0 Å². The fourth-order valence-electron chi connectivity index (χ4n) is 4.74. The second-order valence-corrected chi connectivity index (χ2v) is 8.88. The van der Waals surface area contributed by atoms with E-state index in [4.69, 9.17) is 19.4 Å². The fraction of sp³-hybridized carbons (Fsp3) is 0.172. The summed E-state index contributed by atoms with van der Waals surface area (Å²) in [5, 5.41) is 15.3. The molecule has 9 heteroatoms. The molecule has 3 aromatic heterocycles. The number of imidazole rings is 1. The first-order chi connectivity index (χ1) is 18.6. The second kappa shape index (κ2) is 9.95. The van der Waals surface area contributed by atoms with Gasteiger partial charge in [-0.25, -0.2) is 19.3 Å². The summed E-state index contributed by atoms with van der Waals surface area (Å²) in [5.41, 5.74) is 5.60. The average molecular weight is 508 g/mol. The minimum Gasteiger partial charge on any atom is -0.496 e. The third-order valence-corrected chi connectivity index (χ3v) is 6.61. The van der Waals surface area contributed by atoms with Crippen LogP contribution in [0.15, 0.2) is 66.9 Å². The number of ether oxygens (including phenoxy) is 2. The molecule has 4 heterocycles. The summed E-state index contributed by atoms with van der Waals surface area (Å²) < 4.78 is 12.7. The van der Waals surface area contributed by atoms with Crippen molar-refractivity contribution in [3.05, 3.63) is 83.8 Å². The Bertz CT molecular complexity index is 1690. The maximum absolute atomic E-state index is 11.7. The summed E-state index contributed by atoms with van der Waals surface area (Å²) in [6.07, 6.45) is 5.60. The molecule has 38 heavy (non-hydrogen) atoms. The first-order valence-corrected chi connectivity index (χ1v) is 12.3. The maximum atomic E-state index is 11.7. The summed E-state index contributed by atoms with van der Waals surface area (Å²) in [6.45, 7) is 2.82. The molecular weight excluding hydrogens is 482 g/mol. The number of carboxylic acids is 1. The van der Waals surface area contributed by atoms with Crippen molar-refractivity contribution in [3.8, 4) is 17.0 Å². The number of methoxy groups -OCH3 is 1. The number of anilines is 1. The minimum atomic E-state index is -1.05. The highest BCUT2D eigenvalue weighted by Gasteiger charge is 2.22. The number of morpholine rings is 1. The van der Waals surface area contributed by atoms with Crippen LogP contribution in [0.5, 0.6) is 5.75 Å². The Morgan fingerprint density at radius 3 is 2.68 bits per heavy atom. The molecule has 0 unspecified atom stereocenters. The monoisotopic (exact) mass is 507 g/mol. The van der Waals surface area contributed by atoms with Crippen molar-refractivity contribution in [1.82, 2.24) is 19.6 Å². The third kappa shape index (κ3) is 4.33. The van der Waals surface area contributed by atoms with E-state index in [-0.39, 0.29) is 11.3 Å². The van der Waals surface area contributed by atoms with E-state index >= 15 is 0 Å². The predicted molar refractivity (Wildman–Crippen MR) is 146 cm³/mol. The molecule has 0 atom stereocenters. The maximum Gasteiger partial charge on any atom is 0.339 e. The summed E-state index contributed by atoms with van der Waals surface area (Å²) in [7, 11) is 1.46. The molecule has 6 rings (SSSR count). The molecule has 0 radical (unpaired) electrons. The number of hydrogen-bond donors (Lipinski definition) is 1. The van der Waals surface area contributed by atoms with Crippen LogP contribution >= 0.6 is 0 Å². The number of fused-ring (bicyclic) bond motifs is 2. The van der Waals surface area contributed by atoms with Gasteiger partial charge in [0, 0.05) is 24.0 Å². The SMILES string of the molecule is COc1cc(-c2c(C=Cc3ccc4ccccc4n3)nc3c(N4CCOCC4)ccnn23)ccc1C(=O)O. The molecule has 9 nitrogen and oxygen atoms in total. The van der Waals surface area contributed by atoms with Crippen molar-refractivity contribution in [2.45, 2.75) is 0 Å². The molecule has 5 aromatic rings. The van der Waals surface area contributed by atoms with Gasteiger partial charge in [0.15, 0.2) is 5.65 Å². The molecule has 1 fully saturated rings. The largest absolute Gasteiger partial charge is 0.496 e. The number of rotatable bonds is 6. The molecular formula is C29H25N5O4. The van der Waals surface area contributed by atoms with Crippen LogP contribution in [0.1, 0.15) is 21.7 Å². The molecule has 190 valence electrons. The Hall–Kier alpha value is -4.76. The lowest BCUT2D eigenvalue weighted by atomic mass is 10.1. The minimum absolute atomic E-state index is 0.0875. The van der Waals surface area contributed by atoms with Gasteiger partial charge in [-0.2, -0.15) is 5.10 Å². The van der Waals surface area contributed by atoms with Crippen LogP contribution in [0.2, 0.25) is 0 Å². The Labute approximate surface area is 218 Å². The Morgan fingerprint density at radius 1 is 1.03 bits per heavy atom. The van der Waals surface area contributed by atoms with Crippen molar-refractivity contribution in [3.63, 3.8) is 0 Å². The molecule has 1 aliphatic heterocycles. The Kier molecular flexibility index (Phi) is 6.19. The zero-order valence-corrected chi connectivity index (χ0v) is 20.7. The molecule has 2 aromatic carbocycles. The molecule has 1 saturated heterocycles. The quantitative estimate of drug-likeness (QED) is 0.354. The molecule has 0 bridgehead atoms. The van der Waals surface area contributed by atoms with Gasteiger partial charge in [-0.05, 0) is 42.5 Å². The molecule has 0 amide bonds. The van der Waals surface area contributed by atoms with Gasteiger partial charge >= 0.3 is 5.97 Å². The number of hydrogen-bond acceptors (Lipinski definition) is 7. The highest BCUT2D eigenvalue weighted by molar-refractivity contribution is 5.92. The molecule has 1 N–H and O–H groups in total. The summed E-state index contributed by atoms with van der Waals surface area (Å²) in [6, 6.07) is 19.0. The smallest absolute Gasteiger partial charge is 0.339 e. The highest BCUT2D eigenvalue weighted by atomic mass is 16.5. The van der Waals surface area contributed by atoms with Crippen LogP contribution < -0.4 is 9.64 Å². The first-order valence-electron chi connectivity index (χ1n) is 12.3. The van der Waals surface area contributed by atoms with Crippen molar-refractivity contribution >= 4 is 40.4 Å². The van der Waals surface area contributed by atoms with Gasteiger partial charge in [-0.15, -0.1) is 0 Å². The van der Waals surface area contributed by atoms with E-state index in [1.807, 2.05) is 54.6 Å². The normalized spacial score (nSPS) is 14.0. The van der Waals surface area contributed by atoms with Crippen molar-refractivity contribution < 1.29 is 19.4 Å². The lowest BCUT2D eigenvalue weighted by molar-refractivity contribution is 0.0693. The van der Waals surface area contributed by atoms with Crippen molar-refractivity contribution in [2.75, 3.05) is 38.3 Å². The fourth-order valence-corrected chi connectivity index (χ4v) is 4.74. The van der Waals surface area contributed by atoms with Crippen LogP contribution in [-0.4, -0.2) is 64.1 Å². The van der Waals surface area contributed by atoms with E-state index in [1.54, 1.807) is 28.9 Å². The van der Waals surface area contributed by atoms with Crippen molar-refractivity contribution in [2.24, 2.45) is 0 Å². The number of carboxylic acid groups (broad SMARTS) is 1. The van der Waals surface area contributed by atoms with E-state index < -0.39 is 5.97 Å². The number of aromatic nitrogens is 4. The predicted octanol–water partition coefficient (Wildman–Crippen LogP) is 4.66. The van der Waals surface area contributed by atoms with Crippen LogP contribution in [0.3, 0.4) is 0 Å². The first kappa shape index (κ1) is 23.6. The zero-order chi connectivity index (χ0) is 26.1. The van der Waals surface area contributed by atoms with E-state index in [1.165, 1.54) is 7.11 Å². The number of nitrogens with zero attached hydrogens (tertiary/aromatic N) is 5. The van der Waals surface area contributed by atoms with Gasteiger partial charge in [0.1, 0.15) is 17.0 Å². The number of carbonyl (C=O) groups is 1. The third-order valence-electron chi connectivity index (χ3n) is 6.61. The summed E-state index contributed by atoms with van der Waals surface area (Å²) >= 11 is 0. The van der Waals surface area contributed by atoms with E-state index in [2.05, 4.69) is 10.00 Å². The lowest BCUT2D eigenvalue weighted by Gasteiger charge is -2.28. The number of benzene rings is 2. The zero-order valence-electron chi connectivity index (χ0n) is 20.7. The van der Waals surface area contributed by atoms with Crippen molar-refractivity contribution in [1.29, 1.82) is 0 Å². The lowest BCUT2D eigenvalue weighted by Crippen LogP contribution is -2.36. The van der Waals surface area contributed by atoms with Gasteiger partial charge in [0.05, 0.1) is 49.1 Å². The van der Waals surface area contributed by atoms with Gasteiger partial charge in [-0.1, -0.05) is 30.3 Å². The standard InChI is InChI=1S/C29H25N5O4/c1-37-26-18-20(7-10-22(26)29(35)36)27-24(11-9-21-8-6-19-4-2-3-5-23(19)31-21)32-28-25(12-13-30-34(27)28)33-14-16-38-17-15-33/h2-13,18H,14-17H2,1H3,(H,35,36). The van der Waals surface area contributed by atoms with E-state index in [0.717, 1.165) is 46.6 Å². The van der Waals surface area contributed by atoms with Gasteiger partial charge in [-0.3, -0.25) is 0 Å². The number of pyridine rings is 1. The summed E-state index contributed by atoms with van der Waals surface area (Å²) in [4.78, 5) is 23.7. The Morgan fingerprint density at radius 2 is 1.87 bits per heavy atom. The molecule has 0 aliphatic carbocycles. The van der Waals surface area contributed by atoms with Gasteiger partial charge < -0.3 is 19.5 Å². The highest BCUT2D eigenvalue weighted by Crippen LogP contribution is 2.33. The topological polar surface area (TPSA) is 102 Å². The second-order valence-electron chi connectivity index (χ2n) is 8.88. The van der Waals surface area contributed by atoms with Crippen LogP contribution in [0.25, 0.3) is 40.0 Å². The van der Waals surface area contributed by atoms with Crippen LogP contribution in [-0.2, 0) is 4.74 Å². The molecule has 1 aliphatic rings. The molecule has 0 saturated carbocycles. The van der Waals surface area contributed by atoms with Crippen LogP contribution in [0, 0.1) is 0 Å². The average Bonchev–Trinajstić information content (AvgIpc) is 3.34. The Balaban J connectivity index is 1.51. The van der Waals surface area contributed by atoms with Crippen LogP contribution in [0.4, 0.5) is 5.69 Å².